The molecule has 19 heavy (non-hydrogen) atoms. The Morgan fingerprint density at radius 3 is 2.89 bits per heavy atom. The highest BCUT2D eigenvalue weighted by molar-refractivity contribution is 5.94. The van der Waals surface area contributed by atoms with Crippen LogP contribution in [-0.2, 0) is 4.74 Å². The van der Waals surface area contributed by atoms with Gasteiger partial charge < -0.3 is 10.1 Å². The predicted molar refractivity (Wildman–Crippen MR) is 78.2 cm³/mol. The normalized spacial score (nSPS) is 12.1. The van der Waals surface area contributed by atoms with E-state index in [1.54, 1.807) is 6.92 Å². The van der Waals surface area contributed by atoms with E-state index in [1.807, 2.05) is 12.1 Å². The van der Waals surface area contributed by atoms with Crippen molar-refractivity contribution in [3.05, 3.63) is 42.0 Å². The van der Waals surface area contributed by atoms with Gasteiger partial charge in [0.15, 0.2) is 0 Å². The fourth-order valence-corrected chi connectivity index (χ4v) is 2.07. The van der Waals surface area contributed by atoms with Crippen LogP contribution >= 0.6 is 0 Å². The van der Waals surface area contributed by atoms with Crippen molar-refractivity contribution < 1.29 is 4.74 Å². The Labute approximate surface area is 113 Å². The first-order valence-corrected chi connectivity index (χ1v) is 6.45. The molecular formula is C16H18N2O. The molecule has 98 valence electrons. The van der Waals surface area contributed by atoms with Crippen molar-refractivity contribution in [1.82, 2.24) is 0 Å². The van der Waals surface area contributed by atoms with E-state index in [-0.39, 0.29) is 6.10 Å². The quantitative estimate of drug-likeness (QED) is 0.831. The van der Waals surface area contributed by atoms with Crippen LogP contribution in [0, 0.1) is 18.3 Å². The number of nitrogens with zero attached hydrogens (tertiary/aromatic N) is 1. The minimum atomic E-state index is -0.351. The van der Waals surface area contributed by atoms with Crippen LogP contribution in [0.1, 0.15) is 12.5 Å². The van der Waals surface area contributed by atoms with E-state index in [4.69, 9.17) is 10.00 Å². The molecule has 0 aliphatic rings. The highest BCUT2D eigenvalue weighted by Gasteiger charge is 2.02. The first kappa shape index (κ1) is 13.4. The molecule has 1 atom stereocenters. The summed E-state index contributed by atoms with van der Waals surface area (Å²) in [6.07, 6.45) is -0.351. The molecule has 0 aromatic heterocycles. The zero-order valence-corrected chi connectivity index (χ0v) is 11.3. The third-order valence-electron chi connectivity index (χ3n) is 2.97. The molecule has 0 radical (unpaired) electrons. The summed E-state index contributed by atoms with van der Waals surface area (Å²) in [4.78, 5) is 0. The lowest BCUT2D eigenvalue weighted by molar-refractivity contribution is 0.111. The van der Waals surface area contributed by atoms with Gasteiger partial charge in [0.05, 0.1) is 12.7 Å². The molecule has 2 aromatic rings. The van der Waals surface area contributed by atoms with Gasteiger partial charge in [-0.15, -0.1) is 0 Å². The zero-order valence-electron chi connectivity index (χ0n) is 11.3. The lowest BCUT2D eigenvalue weighted by Gasteiger charge is -2.12. The van der Waals surface area contributed by atoms with Crippen molar-refractivity contribution in [2.45, 2.75) is 20.0 Å². The monoisotopic (exact) mass is 254 g/mol. The summed E-state index contributed by atoms with van der Waals surface area (Å²) in [6, 6.07) is 14.7. The summed E-state index contributed by atoms with van der Waals surface area (Å²) in [7, 11) is 0. The fourth-order valence-electron chi connectivity index (χ4n) is 2.07. The van der Waals surface area contributed by atoms with Gasteiger partial charge in [-0.1, -0.05) is 30.3 Å². The van der Waals surface area contributed by atoms with Crippen LogP contribution in [0.2, 0.25) is 0 Å². The number of hydrogen-bond acceptors (Lipinski definition) is 3. The average molecular weight is 254 g/mol. The first-order valence-electron chi connectivity index (χ1n) is 6.45. The van der Waals surface area contributed by atoms with Crippen molar-refractivity contribution in [2.24, 2.45) is 0 Å². The second-order valence-electron chi connectivity index (χ2n) is 4.60. The molecule has 0 aliphatic carbocycles. The Morgan fingerprint density at radius 2 is 2.11 bits per heavy atom. The second-order valence-corrected chi connectivity index (χ2v) is 4.60. The number of fused-ring (bicyclic) bond motifs is 1. The van der Waals surface area contributed by atoms with Gasteiger partial charge in [0.2, 0.25) is 0 Å². The molecule has 2 rings (SSSR count). The van der Waals surface area contributed by atoms with E-state index in [2.05, 4.69) is 42.6 Å². The Kier molecular flexibility index (Phi) is 4.38. The van der Waals surface area contributed by atoms with E-state index >= 15 is 0 Å². The van der Waals surface area contributed by atoms with Crippen molar-refractivity contribution in [2.75, 3.05) is 18.5 Å². The number of ether oxygens (including phenoxy) is 1. The highest BCUT2D eigenvalue weighted by Crippen LogP contribution is 2.24. The van der Waals surface area contributed by atoms with Crippen LogP contribution in [0.5, 0.6) is 0 Å². The Bertz CT molecular complexity index is 601. The van der Waals surface area contributed by atoms with Crippen LogP contribution in [0.25, 0.3) is 10.8 Å². The predicted octanol–water partition coefficient (Wildman–Crippen LogP) is 3.49. The molecule has 3 heteroatoms. The summed E-state index contributed by atoms with van der Waals surface area (Å²) in [5.74, 6) is 0. The summed E-state index contributed by atoms with van der Waals surface area (Å²) < 4.78 is 5.33. The lowest BCUT2D eigenvalue weighted by atomic mass is 10.1. The van der Waals surface area contributed by atoms with Crippen LogP contribution < -0.4 is 5.32 Å². The van der Waals surface area contributed by atoms with Gasteiger partial charge in [-0.2, -0.15) is 5.26 Å². The molecule has 3 nitrogen and oxygen atoms in total. The average Bonchev–Trinajstić information content (AvgIpc) is 2.42. The molecule has 0 heterocycles. The number of rotatable bonds is 5. The molecule has 0 fully saturated rings. The van der Waals surface area contributed by atoms with Gasteiger partial charge >= 0.3 is 0 Å². The highest BCUT2D eigenvalue weighted by atomic mass is 16.5. The summed E-state index contributed by atoms with van der Waals surface area (Å²) in [6.45, 7) is 5.06. The van der Waals surface area contributed by atoms with Crippen LogP contribution in [0.15, 0.2) is 36.4 Å². The standard InChI is InChI=1S/C16H18N2O/c1-12-9-14-5-3-4-6-15(14)16(10-12)18-7-8-19-13(2)11-17/h3-6,9-10,13,18H,7-8H2,1-2H3. The Balaban J connectivity index is 2.06. The third kappa shape index (κ3) is 3.46. The molecule has 0 saturated heterocycles. The smallest absolute Gasteiger partial charge is 0.141 e. The number of nitrogens with one attached hydrogen (secondary N) is 1. The summed E-state index contributed by atoms with van der Waals surface area (Å²) in [5.41, 5.74) is 2.34. The van der Waals surface area contributed by atoms with Gasteiger partial charge in [-0.05, 0) is 30.9 Å². The molecule has 0 aliphatic heterocycles. The van der Waals surface area contributed by atoms with Crippen molar-refractivity contribution in [1.29, 1.82) is 5.26 Å². The van der Waals surface area contributed by atoms with Crippen molar-refractivity contribution in [3.63, 3.8) is 0 Å². The fraction of sp³-hybridized carbons (Fsp3) is 0.312. The molecule has 2 aromatic carbocycles. The van der Waals surface area contributed by atoms with Gasteiger partial charge in [-0.3, -0.25) is 0 Å². The Hall–Kier alpha value is -2.05. The largest absolute Gasteiger partial charge is 0.382 e. The third-order valence-corrected chi connectivity index (χ3v) is 2.97. The number of hydrogen-bond donors (Lipinski definition) is 1. The number of benzene rings is 2. The van der Waals surface area contributed by atoms with Gasteiger partial charge in [0.25, 0.3) is 0 Å². The summed E-state index contributed by atoms with van der Waals surface area (Å²) in [5, 5.41) is 14.4. The minimum absolute atomic E-state index is 0.351. The van der Waals surface area contributed by atoms with E-state index in [9.17, 15) is 0 Å². The maximum Gasteiger partial charge on any atom is 0.141 e. The maximum absolute atomic E-state index is 8.63. The van der Waals surface area contributed by atoms with Crippen molar-refractivity contribution >= 4 is 16.5 Å². The van der Waals surface area contributed by atoms with E-state index < -0.39 is 0 Å². The molecule has 0 spiro atoms. The topological polar surface area (TPSA) is 45.0 Å². The van der Waals surface area contributed by atoms with E-state index in [1.165, 1.54) is 16.3 Å². The van der Waals surface area contributed by atoms with Crippen molar-refractivity contribution in [3.8, 4) is 6.07 Å². The minimum Gasteiger partial charge on any atom is -0.382 e. The zero-order chi connectivity index (χ0) is 13.7. The first-order chi connectivity index (χ1) is 9.20. The maximum atomic E-state index is 8.63. The van der Waals surface area contributed by atoms with Gasteiger partial charge in [0, 0.05) is 17.6 Å². The van der Waals surface area contributed by atoms with Crippen LogP contribution in [-0.4, -0.2) is 19.3 Å². The molecule has 1 unspecified atom stereocenters. The molecule has 0 bridgehead atoms. The summed E-state index contributed by atoms with van der Waals surface area (Å²) >= 11 is 0. The molecule has 1 N–H and O–H groups in total. The number of nitriles is 1. The van der Waals surface area contributed by atoms with Crippen LogP contribution in [0.4, 0.5) is 5.69 Å². The van der Waals surface area contributed by atoms with E-state index in [0.717, 1.165) is 5.69 Å². The number of aryl methyl sites for hydroxylation is 1. The molecular weight excluding hydrogens is 236 g/mol. The number of anilines is 1. The lowest BCUT2D eigenvalue weighted by Crippen LogP contribution is -2.14. The van der Waals surface area contributed by atoms with Gasteiger partial charge in [-0.25, -0.2) is 0 Å². The molecule has 0 amide bonds. The molecule has 0 saturated carbocycles. The van der Waals surface area contributed by atoms with Gasteiger partial charge in [0.1, 0.15) is 6.10 Å². The Morgan fingerprint density at radius 1 is 1.32 bits per heavy atom. The van der Waals surface area contributed by atoms with E-state index in [0.29, 0.717) is 13.2 Å². The SMILES string of the molecule is Cc1cc(NCCOC(C)C#N)c2ccccc2c1. The second kappa shape index (κ2) is 6.21. The van der Waals surface area contributed by atoms with Crippen LogP contribution in [0.3, 0.4) is 0 Å².